The van der Waals surface area contributed by atoms with Crippen LogP contribution in [0.2, 0.25) is 0 Å². The first kappa shape index (κ1) is 12.1. The van der Waals surface area contributed by atoms with Crippen molar-refractivity contribution in [1.82, 2.24) is 15.3 Å². The second kappa shape index (κ2) is 5.36. The molecule has 0 saturated carbocycles. The average Bonchev–Trinajstić information content (AvgIpc) is 2.38. The molecule has 1 N–H and O–H groups in total. The lowest BCUT2D eigenvalue weighted by Crippen LogP contribution is -2.43. The number of benzene rings is 1. The van der Waals surface area contributed by atoms with Crippen LogP contribution in [0.4, 0.5) is 0 Å². The van der Waals surface area contributed by atoms with E-state index in [4.69, 9.17) is 4.74 Å². The zero-order chi connectivity index (χ0) is 13.1. The first-order valence-corrected chi connectivity index (χ1v) is 6.56. The van der Waals surface area contributed by atoms with Crippen LogP contribution in [0.15, 0.2) is 36.7 Å². The molecule has 98 valence electrons. The van der Waals surface area contributed by atoms with Crippen molar-refractivity contribution < 1.29 is 4.74 Å². The standard InChI is InChI=1S/C15H17N3O/c1-11-4-2-3-5-14(11)19-13-9-17-15(18-10-13)6-12-7-16-8-12/h2-5,9-10,12,16H,6-8H2,1H3. The molecule has 0 unspecified atom stereocenters. The molecule has 3 rings (SSSR count). The van der Waals surface area contributed by atoms with Crippen LogP contribution < -0.4 is 10.1 Å². The van der Waals surface area contributed by atoms with Crippen LogP contribution in [-0.4, -0.2) is 23.1 Å². The molecule has 1 saturated heterocycles. The van der Waals surface area contributed by atoms with Gasteiger partial charge in [0.1, 0.15) is 11.6 Å². The first-order valence-electron chi connectivity index (χ1n) is 6.56. The third kappa shape index (κ3) is 2.90. The van der Waals surface area contributed by atoms with E-state index in [9.17, 15) is 0 Å². The summed E-state index contributed by atoms with van der Waals surface area (Å²) in [5, 5.41) is 3.25. The van der Waals surface area contributed by atoms with E-state index in [1.807, 2.05) is 31.2 Å². The van der Waals surface area contributed by atoms with Gasteiger partial charge in [-0.2, -0.15) is 0 Å². The fraction of sp³-hybridized carbons (Fsp3) is 0.333. The van der Waals surface area contributed by atoms with Crippen LogP contribution in [-0.2, 0) is 6.42 Å². The maximum Gasteiger partial charge on any atom is 0.164 e. The van der Waals surface area contributed by atoms with Gasteiger partial charge >= 0.3 is 0 Å². The van der Waals surface area contributed by atoms with Crippen molar-refractivity contribution in [1.29, 1.82) is 0 Å². The van der Waals surface area contributed by atoms with Gasteiger partial charge in [0.05, 0.1) is 12.4 Å². The number of ether oxygens (including phenoxy) is 1. The Morgan fingerprint density at radius 3 is 2.58 bits per heavy atom. The second-order valence-corrected chi connectivity index (χ2v) is 4.93. The van der Waals surface area contributed by atoms with E-state index in [1.54, 1.807) is 12.4 Å². The van der Waals surface area contributed by atoms with E-state index in [-0.39, 0.29) is 0 Å². The summed E-state index contributed by atoms with van der Waals surface area (Å²) in [5.74, 6) is 3.11. The number of aryl methyl sites for hydroxylation is 1. The number of nitrogens with zero attached hydrogens (tertiary/aromatic N) is 2. The van der Waals surface area contributed by atoms with Gasteiger partial charge in [-0.1, -0.05) is 18.2 Å². The number of para-hydroxylation sites is 1. The summed E-state index contributed by atoms with van der Waals surface area (Å²) in [6.07, 6.45) is 4.44. The molecule has 1 aromatic carbocycles. The number of rotatable bonds is 4. The van der Waals surface area contributed by atoms with Crippen molar-refractivity contribution in [2.24, 2.45) is 5.92 Å². The van der Waals surface area contributed by atoms with Crippen molar-refractivity contribution in [3.63, 3.8) is 0 Å². The highest BCUT2D eigenvalue weighted by Gasteiger charge is 2.18. The molecule has 0 amide bonds. The Bertz CT molecular complexity index is 550. The Morgan fingerprint density at radius 2 is 1.95 bits per heavy atom. The van der Waals surface area contributed by atoms with Crippen LogP contribution in [0.25, 0.3) is 0 Å². The van der Waals surface area contributed by atoms with E-state index in [2.05, 4.69) is 15.3 Å². The summed E-state index contributed by atoms with van der Waals surface area (Å²) in [5.41, 5.74) is 1.10. The molecule has 1 aliphatic rings. The summed E-state index contributed by atoms with van der Waals surface area (Å²) in [4.78, 5) is 8.72. The Balaban J connectivity index is 1.67. The number of aromatic nitrogens is 2. The predicted molar refractivity (Wildman–Crippen MR) is 73.3 cm³/mol. The summed E-state index contributed by atoms with van der Waals surface area (Å²) >= 11 is 0. The second-order valence-electron chi connectivity index (χ2n) is 4.93. The van der Waals surface area contributed by atoms with Gasteiger partial charge in [0.2, 0.25) is 0 Å². The SMILES string of the molecule is Cc1ccccc1Oc1cnc(CC2CNC2)nc1. The lowest BCUT2D eigenvalue weighted by Gasteiger charge is -2.26. The van der Waals surface area contributed by atoms with Crippen molar-refractivity contribution in [3.05, 3.63) is 48.0 Å². The van der Waals surface area contributed by atoms with Gasteiger partial charge in [0.15, 0.2) is 5.75 Å². The third-order valence-electron chi connectivity index (χ3n) is 3.34. The Kier molecular flexibility index (Phi) is 3.42. The van der Waals surface area contributed by atoms with E-state index >= 15 is 0 Å². The molecule has 2 heterocycles. The largest absolute Gasteiger partial charge is 0.454 e. The number of hydrogen-bond acceptors (Lipinski definition) is 4. The smallest absolute Gasteiger partial charge is 0.164 e. The lowest BCUT2D eigenvalue weighted by atomic mass is 9.99. The van der Waals surface area contributed by atoms with Crippen LogP contribution >= 0.6 is 0 Å². The molecule has 4 heteroatoms. The molecule has 19 heavy (non-hydrogen) atoms. The van der Waals surface area contributed by atoms with Gasteiger partial charge in [0, 0.05) is 6.42 Å². The molecule has 1 aliphatic heterocycles. The Morgan fingerprint density at radius 1 is 1.21 bits per heavy atom. The highest BCUT2D eigenvalue weighted by atomic mass is 16.5. The van der Waals surface area contributed by atoms with E-state index in [0.717, 1.165) is 36.6 Å². The molecule has 0 spiro atoms. The summed E-state index contributed by atoms with van der Waals surface area (Å²) in [6.45, 7) is 4.17. The van der Waals surface area contributed by atoms with Gasteiger partial charge in [-0.3, -0.25) is 0 Å². The van der Waals surface area contributed by atoms with Crippen LogP contribution in [0.1, 0.15) is 11.4 Å². The fourth-order valence-electron chi connectivity index (χ4n) is 2.05. The van der Waals surface area contributed by atoms with Crippen molar-refractivity contribution in [2.45, 2.75) is 13.3 Å². The van der Waals surface area contributed by atoms with Crippen molar-refractivity contribution >= 4 is 0 Å². The number of hydrogen-bond donors (Lipinski definition) is 1. The molecule has 0 aliphatic carbocycles. The van der Waals surface area contributed by atoms with Gasteiger partial charge in [0.25, 0.3) is 0 Å². The molecule has 1 fully saturated rings. The van der Waals surface area contributed by atoms with Gasteiger partial charge in [-0.15, -0.1) is 0 Å². The first-order chi connectivity index (χ1) is 9.31. The fourth-order valence-corrected chi connectivity index (χ4v) is 2.05. The van der Waals surface area contributed by atoms with Gasteiger partial charge in [-0.05, 0) is 37.6 Å². The summed E-state index contributed by atoms with van der Waals surface area (Å²) in [6, 6.07) is 7.92. The predicted octanol–water partition coefficient (Wildman–Crippen LogP) is 2.34. The molecule has 0 radical (unpaired) electrons. The third-order valence-corrected chi connectivity index (χ3v) is 3.34. The van der Waals surface area contributed by atoms with Gasteiger partial charge in [-0.25, -0.2) is 9.97 Å². The van der Waals surface area contributed by atoms with Crippen molar-refractivity contribution in [3.8, 4) is 11.5 Å². The minimum absolute atomic E-state index is 0.683. The minimum atomic E-state index is 0.683. The summed E-state index contributed by atoms with van der Waals surface area (Å²) < 4.78 is 5.77. The molecular formula is C15H17N3O. The maximum absolute atomic E-state index is 5.77. The minimum Gasteiger partial charge on any atom is -0.454 e. The van der Waals surface area contributed by atoms with Crippen LogP contribution in [0.5, 0.6) is 11.5 Å². The van der Waals surface area contributed by atoms with E-state index in [1.165, 1.54) is 0 Å². The molecular weight excluding hydrogens is 238 g/mol. The normalized spacial score (nSPS) is 15.0. The quantitative estimate of drug-likeness (QED) is 0.911. The van der Waals surface area contributed by atoms with Crippen LogP contribution in [0, 0.1) is 12.8 Å². The topological polar surface area (TPSA) is 47.0 Å². The summed E-state index contributed by atoms with van der Waals surface area (Å²) in [7, 11) is 0. The maximum atomic E-state index is 5.77. The van der Waals surface area contributed by atoms with E-state index < -0.39 is 0 Å². The van der Waals surface area contributed by atoms with Crippen molar-refractivity contribution in [2.75, 3.05) is 13.1 Å². The highest BCUT2D eigenvalue weighted by Crippen LogP contribution is 2.23. The Labute approximate surface area is 112 Å². The van der Waals surface area contributed by atoms with Crippen LogP contribution in [0.3, 0.4) is 0 Å². The number of nitrogens with one attached hydrogen (secondary N) is 1. The highest BCUT2D eigenvalue weighted by molar-refractivity contribution is 5.35. The van der Waals surface area contributed by atoms with E-state index in [0.29, 0.717) is 11.7 Å². The molecule has 4 nitrogen and oxygen atoms in total. The Hall–Kier alpha value is -1.94. The zero-order valence-electron chi connectivity index (χ0n) is 11.0. The zero-order valence-corrected chi connectivity index (χ0v) is 11.0. The average molecular weight is 255 g/mol. The molecule has 2 aromatic rings. The monoisotopic (exact) mass is 255 g/mol. The molecule has 0 atom stereocenters. The molecule has 1 aromatic heterocycles. The van der Waals surface area contributed by atoms with Gasteiger partial charge < -0.3 is 10.1 Å². The molecule has 0 bridgehead atoms. The lowest BCUT2D eigenvalue weighted by molar-refractivity contribution is 0.340.